The van der Waals surface area contributed by atoms with Gasteiger partial charge in [0, 0.05) is 13.1 Å². The molecule has 4 heteroatoms. The van der Waals surface area contributed by atoms with Gasteiger partial charge < -0.3 is 11.1 Å². The number of benzene rings is 1. The third kappa shape index (κ3) is 2.81. The van der Waals surface area contributed by atoms with Gasteiger partial charge >= 0.3 is 0 Å². The number of fused-ring (bicyclic) bond motifs is 1. The number of nitrogens with one attached hydrogen (secondary N) is 1. The van der Waals surface area contributed by atoms with Gasteiger partial charge in [-0.1, -0.05) is 37.2 Å². The topological polar surface area (TPSA) is 50.9 Å². The molecule has 0 unspecified atom stereocenters. The summed E-state index contributed by atoms with van der Waals surface area (Å²) in [5.74, 6) is 0. The Morgan fingerprint density at radius 1 is 1.35 bits per heavy atom. The normalized spacial score (nSPS) is 17.9. The van der Waals surface area contributed by atoms with Crippen LogP contribution in [-0.2, 0) is 6.54 Å². The van der Waals surface area contributed by atoms with Crippen LogP contribution in [0.5, 0.6) is 0 Å². The predicted octanol–water partition coefficient (Wildman–Crippen LogP) is 3.94. The fourth-order valence-corrected chi connectivity index (χ4v) is 4.15. The number of aromatic nitrogens is 1. The molecule has 1 aliphatic rings. The van der Waals surface area contributed by atoms with Crippen LogP contribution in [0.1, 0.15) is 44.6 Å². The Morgan fingerprint density at radius 3 is 2.90 bits per heavy atom. The van der Waals surface area contributed by atoms with Gasteiger partial charge in [0.2, 0.25) is 0 Å². The zero-order chi connectivity index (χ0) is 14.0. The average Bonchev–Trinajstić information content (AvgIpc) is 3.04. The number of hydrogen-bond donors (Lipinski definition) is 2. The van der Waals surface area contributed by atoms with Crippen molar-refractivity contribution >= 4 is 26.7 Å². The van der Waals surface area contributed by atoms with Crippen LogP contribution in [0.2, 0.25) is 0 Å². The van der Waals surface area contributed by atoms with E-state index in [9.17, 15) is 0 Å². The molecule has 3 nitrogen and oxygen atoms in total. The lowest BCUT2D eigenvalue weighted by Crippen LogP contribution is -2.31. The van der Waals surface area contributed by atoms with Crippen LogP contribution >= 0.6 is 11.3 Å². The summed E-state index contributed by atoms with van der Waals surface area (Å²) in [5, 5.41) is 4.31. The summed E-state index contributed by atoms with van der Waals surface area (Å²) in [6.07, 6.45) is 6.88. The lowest BCUT2D eigenvalue weighted by atomic mass is 9.83. The van der Waals surface area contributed by atoms with Crippen molar-refractivity contribution in [2.75, 3.05) is 12.3 Å². The molecule has 1 saturated carbocycles. The molecule has 1 aromatic carbocycles. The van der Waals surface area contributed by atoms with E-state index in [2.05, 4.69) is 35.4 Å². The highest BCUT2D eigenvalue weighted by molar-refractivity contribution is 7.22. The second-order valence-electron chi connectivity index (χ2n) is 6.02. The zero-order valence-corrected chi connectivity index (χ0v) is 12.9. The Bertz CT molecular complexity index is 584. The molecule has 1 heterocycles. The lowest BCUT2D eigenvalue weighted by Gasteiger charge is -2.27. The van der Waals surface area contributed by atoms with Gasteiger partial charge in [-0.2, -0.15) is 0 Å². The van der Waals surface area contributed by atoms with Crippen LogP contribution < -0.4 is 11.1 Å². The Hall–Kier alpha value is -1.13. The van der Waals surface area contributed by atoms with Gasteiger partial charge in [0.1, 0.15) is 0 Å². The molecule has 0 radical (unpaired) electrons. The van der Waals surface area contributed by atoms with Crippen molar-refractivity contribution in [3.05, 3.63) is 23.8 Å². The molecule has 0 amide bonds. The first-order valence-electron chi connectivity index (χ1n) is 7.56. The largest absolute Gasteiger partial charge is 0.375 e. The third-order valence-electron chi connectivity index (χ3n) is 4.71. The van der Waals surface area contributed by atoms with Crippen molar-refractivity contribution in [3.63, 3.8) is 0 Å². The van der Waals surface area contributed by atoms with Crippen LogP contribution in [0, 0.1) is 5.41 Å². The minimum Gasteiger partial charge on any atom is -0.375 e. The van der Waals surface area contributed by atoms with Gasteiger partial charge in [0.05, 0.1) is 10.2 Å². The van der Waals surface area contributed by atoms with E-state index < -0.39 is 0 Å². The summed E-state index contributed by atoms with van der Waals surface area (Å²) >= 11 is 1.57. The summed E-state index contributed by atoms with van der Waals surface area (Å²) in [5.41, 5.74) is 8.64. The summed E-state index contributed by atoms with van der Waals surface area (Å²) in [4.78, 5) is 4.30. The molecule has 1 aromatic heterocycles. The van der Waals surface area contributed by atoms with Crippen LogP contribution in [0.25, 0.3) is 10.2 Å². The molecule has 0 spiro atoms. The fraction of sp³-hybridized carbons (Fsp3) is 0.562. The fourth-order valence-electron chi connectivity index (χ4n) is 3.35. The lowest BCUT2D eigenvalue weighted by molar-refractivity contribution is 0.268. The smallest absolute Gasteiger partial charge is 0.181 e. The molecule has 2 aromatic rings. The molecule has 1 fully saturated rings. The Morgan fingerprint density at radius 2 is 2.15 bits per heavy atom. The molecule has 0 saturated heterocycles. The number of hydrogen-bond acceptors (Lipinski definition) is 4. The molecule has 20 heavy (non-hydrogen) atoms. The highest BCUT2D eigenvalue weighted by atomic mass is 32.1. The number of anilines is 1. The average molecular weight is 289 g/mol. The maximum atomic E-state index is 5.75. The quantitative estimate of drug-likeness (QED) is 0.876. The van der Waals surface area contributed by atoms with Crippen molar-refractivity contribution in [2.45, 2.75) is 45.6 Å². The van der Waals surface area contributed by atoms with Crippen molar-refractivity contribution in [1.29, 1.82) is 0 Å². The van der Waals surface area contributed by atoms with Crippen LogP contribution in [0.4, 0.5) is 5.13 Å². The minimum atomic E-state index is 0.555. The first kappa shape index (κ1) is 13.8. The number of thiazole rings is 1. The highest BCUT2D eigenvalue weighted by Gasteiger charge is 2.31. The van der Waals surface area contributed by atoms with Crippen LogP contribution in [0.3, 0.4) is 0 Å². The second-order valence-corrected chi connectivity index (χ2v) is 7.08. The summed E-state index contributed by atoms with van der Waals surface area (Å²) in [6, 6.07) is 6.44. The van der Waals surface area contributed by atoms with Crippen molar-refractivity contribution < 1.29 is 0 Å². The van der Waals surface area contributed by atoms with Crippen LogP contribution in [0.15, 0.2) is 18.2 Å². The highest BCUT2D eigenvalue weighted by Crippen LogP contribution is 2.40. The first-order chi connectivity index (χ1) is 9.71. The third-order valence-corrected chi connectivity index (χ3v) is 5.56. The minimum absolute atomic E-state index is 0.555. The van der Waals surface area contributed by atoms with E-state index in [0.717, 1.165) is 18.6 Å². The molecule has 0 aliphatic heterocycles. The molecule has 3 rings (SSSR count). The van der Waals surface area contributed by atoms with E-state index in [-0.39, 0.29) is 0 Å². The standard InChI is InChI=1S/C16H23N3S/c1-2-16(7-3-4-8-16)11-18-10-12-5-6-13-14(9-12)20-15(17)19-13/h5-6,9,18H,2-4,7-8,10-11H2,1H3,(H2,17,19). The number of nitrogens with zero attached hydrogens (tertiary/aromatic N) is 1. The van der Waals surface area contributed by atoms with Crippen molar-refractivity contribution in [3.8, 4) is 0 Å². The summed E-state index contributed by atoms with van der Waals surface area (Å²) in [6.45, 7) is 4.42. The van der Waals surface area contributed by atoms with Gasteiger partial charge in [0.15, 0.2) is 5.13 Å². The number of nitrogen functional groups attached to an aromatic ring is 1. The second kappa shape index (κ2) is 5.70. The van der Waals surface area contributed by atoms with Gasteiger partial charge in [0.25, 0.3) is 0 Å². The van der Waals surface area contributed by atoms with Gasteiger partial charge in [-0.15, -0.1) is 0 Å². The number of rotatable bonds is 5. The molecular formula is C16H23N3S. The van der Waals surface area contributed by atoms with E-state index in [4.69, 9.17) is 5.73 Å². The van der Waals surface area contributed by atoms with E-state index in [1.807, 2.05) is 0 Å². The molecule has 0 bridgehead atoms. The zero-order valence-electron chi connectivity index (χ0n) is 12.1. The Balaban J connectivity index is 1.62. The first-order valence-corrected chi connectivity index (χ1v) is 8.38. The molecule has 1 aliphatic carbocycles. The predicted molar refractivity (Wildman–Crippen MR) is 86.9 cm³/mol. The van der Waals surface area contributed by atoms with E-state index in [1.165, 1.54) is 42.4 Å². The van der Waals surface area contributed by atoms with Crippen molar-refractivity contribution in [1.82, 2.24) is 10.3 Å². The van der Waals surface area contributed by atoms with Gasteiger partial charge in [-0.3, -0.25) is 0 Å². The van der Waals surface area contributed by atoms with Crippen LogP contribution in [-0.4, -0.2) is 11.5 Å². The van der Waals surface area contributed by atoms with E-state index in [0.29, 0.717) is 10.5 Å². The van der Waals surface area contributed by atoms with Gasteiger partial charge in [-0.05, 0) is 42.4 Å². The summed E-state index contributed by atoms with van der Waals surface area (Å²) in [7, 11) is 0. The molecular weight excluding hydrogens is 266 g/mol. The number of nitrogens with two attached hydrogens (primary N) is 1. The van der Waals surface area contributed by atoms with Crippen molar-refractivity contribution in [2.24, 2.45) is 5.41 Å². The molecule has 0 atom stereocenters. The van der Waals surface area contributed by atoms with E-state index >= 15 is 0 Å². The Labute approximate surface area is 124 Å². The molecule has 3 N–H and O–H groups in total. The summed E-state index contributed by atoms with van der Waals surface area (Å²) < 4.78 is 1.19. The Kier molecular flexibility index (Phi) is 3.94. The van der Waals surface area contributed by atoms with E-state index in [1.54, 1.807) is 11.3 Å². The maximum Gasteiger partial charge on any atom is 0.181 e. The van der Waals surface area contributed by atoms with Gasteiger partial charge in [-0.25, -0.2) is 4.98 Å². The maximum absolute atomic E-state index is 5.75. The SMILES string of the molecule is CCC1(CNCc2ccc3nc(N)sc3c2)CCCC1. The molecule has 108 valence electrons. The monoisotopic (exact) mass is 289 g/mol.